The largest absolute Gasteiger partial charge is 0.350 e. The van der Waals surface area contributed by atoms with Crippen LogP contribution in [0, 0.1) is 5.92 Å². The molecule has 1 fully saturated rings. The van der Waals surface area contributed by atoms with Crippen LogP contribution < -0.4 is 10.6 Å². The van der Waals surface area contributed by atoms with Gasteiger partial charge in [-0.2, -0.15) is 5.10 Å². The number of fused-ring (bicyclic) bond motifs is 1. The van der Waals surface area contributed by atoms with Crippen molar-refractivity contribution in [3.8, 4) is 0 Å². The molecule has 1 amide bonds. The van der Waals surface area contributed by atoms with Crippen molar-refractivity contribution in [2.45, 2.75) is 38.3 Å². The van der Waals surface area contributed by atoms with Crippen LogP contribution >= 0.6 is 24.8 Å². The van der Waals surface area contributed by atoms with Crippen molar-refractivity contribution < 1.29 is 4.79 Å². The highest BCUT2D eigenvalue weighted by molar-refractivity contribution is 5.85. The predicted molar refractivity (Wildman–Crippen MR) is 104 cm³/mol. The molecule has 2 aliphatic rings. The van der Waals surface area contributed by atoms with Crippen LogP contribution in [0.25, 0.3) is 0 Å². The maximum Gasteiger partial charge on any atom is 0.225 e. The smallest absolute Gasteiger partial charge is 0.225 e. The molecular formula is C17H26Cl2N6O. The Labute approximate surface area is 165 Å². The first-order chi connectivity index (χ1) is 11.7. The molecule has 0 radical (unpaired) electrons. The maximum atomic E-state index is 12.6. The van der Waals surface area contributed by atoms with Gasteiger partial charge in [-0.1, -0.05) is 0 Å². The Morgan fingerprint density at radius 1 is 1.31 bits per heavy atom. The molecule has 0 bridgehead atoms. The molecule has 7 nitrogen and oxygen atoms in total. The summed E-state index contributed by atoms with van der Waals surface area (Å²) in [6.07, 6.45) is 9.42. The van der Waals surface area contributed by atoms with Crippen LogP contribution in [0.4, 0.5) is 0 Å². The van der Waals surface area contributed by atoms with Crippen LogP contribution in [0.3, 0.4) is 0 Å². The summed E-state index contributed by atoms with van der Waals surface area (Å²) in [5.74, 6) is 1.39. The molecule has 2 N–H and O–H groups in total. The van der Waals surface area contributed by atoms with Crippen LogP contribution in [0.2, 0.25) is 0 Å². The van der Waals surface area contributed by atoms with Gasteiger partial charge in [0.1, 0.15) is 5.82 Å². The van der Waals surface area contributed by atoms with Gasteiger partial charge in [0.25, 0.3) is 0 Å². The van der Waals surface area contributed by atoms with Gasteiger partial charge in [-0.3, -0.25) is 9.48 Å². The lowest BCUT2D eigenvalue weighted by Gasteiger charge is -2.16. The Kier molecular flexibility index (Phi) is 7.08. The predicted octanol–water partition coefficient (Wildman–Crippen LogP) is 1.42. The molecule has 2 atom stereocenters. The third-order valence-corrected chi connectivity index (χ3v) is 5.11. The van der Waals surface area contributed by atoms with Crippen molar-refractivity contribution in [2.24, 2.45) is 13.0 Å². The highest BCUT2D eigenvalue weighted by Crippen LogP contribution is 2.28. The second-order valence-corrected chi connectivity index (χ2v) is 6.84. The number of nitrogens with zero attached hydrogens (tertiary/aromatic N) is 4. The van der Waals surface area contributed by atoms with E-state index in [1.807, 2.05) is 19.4 Å². The summed E-state index contributed by atoms with van der Waals surface area (Å²) in [4.78, 5) is 17.3. The minimum absolute atomic E-state index is 0. The summed E-state index contributed by atoms with van der Waals surface area (Å²) < 4.78 is 4.01. The van der Waals surface area contributed by atoms with Crippen molar-refractivity contribution in [3.05, 3.63) is 35.7 Å². The third kappa shape index (κ3) is 4.22. The number of aromatic nitrogens is 4. The van der Waals surface area contributed by atoms with Crippen LogP contribution in [0.1, 0.15) is 35.8 Å². The van der Waals surface area contributed by atoms with Crippen LogP contribution in [-0.4, -0.2) is 38.3 Å². The number of carbonyl (C=O) groups excluding carboxylic acids is 1. The molecule has 9 heteroatoms. The van der Waals surface area contributed by atoms with Gasteiger partial charge in [-0.15, -0.1) is 24.8 Å². The number of nitrogens with one attached hydrogen (secondary N) is 2. The van der Waals surface area contributed by atoms with E-state index >= 15 is 0 Å². The van der Waals surface area contributed by atoms with Crippen molar-refractivity contribution in [3.63, 3.8) is 0 Å². The van der Waals surface area contributed by atoms with E-state index in [1.165, 1.54) is 12.8 Å². The lowest BCUT2D eigenvalue weighted by molar-refractivity contribution is -0.125. The topological polar surface area (TPSA) is 76.8 Å². The van der Waals surface area contributed by atoms with Crippen molar-refractivity contribution >= 4 is 30.7 Å². The van der Waals surface area contributed by atoms with E-state index in [1.54, 1.807) is 4.68 Å². The van der Waals surface area contributed by atoms with Gasteiger partial charge in [0.05, 0.1) is 24.4 Å². The van der Waals surface area contributed by atoms with Crippen molar-refractivity contribution in [2.75, 3.05) is 13.1 Å². The minimum Gasteiger partial charge on any atom is -0.350 e. The summed E-state index contributed by atoms with van der Waals surface area (Å²) in [7, 11) is 1.90. The van der Waals surface area contributed by atoms with Gasteiger partial charge in [0.15, 0.2) is 0 Å². The Morgan fingerprint density at radius 3 is 2.88 bits per heavy atom. The highest BCUT2D eigenvalue weighted by atomic mass is 35.5. The fourth-order valence-corrected chi connectivity index (χ4v) is 3.80. The monoisotopic (exact) mass is 400 g/mol. The van der Waals surface area contributed by atoms with E-state index in [0.29, 0.717) is 13.1 Å². The molecular weight excluding hydrogens is 375 g/mol. The van der Waals surface area contributed by atoms with Gasteiger partial charge < -0.3 is 15.2 Å². The van der Waals surface area contributed by atoms with Gasteiger partial charge in [0.2, 0.25) is 5.91 Å². The first-order valence-corrected chi connectivity index (χ1v) is 8.72. The van der Waals surface area contributed by atoms with Gasteiger partial charge in [-0.05, 0) is 18.4 Å². The third-order valence-electron chi connectivity index (χ3n) is 5.11. The van der Waals surface area contributed by atoms with Crippen LogP contribution in [-0.2, 0) is 31.4 Å². The first kappa shape index (κ1) is 20.7. The van der Waals surface area contributed by atoms with Gasteiger partial charge in [0, 0.05) is 51.4 Å². The summed E-state index contributed by atoms with van der Waals surface area (Å²) in [6.45, 7) is 3.09. The fourth-order valence-electron chi connectivity index (χ4n) is 3.80. The van der Waals surface area contributed by atoms with E-state index in [0.717, 1.165) is 36.6 Å². The zero-order chi connectivity index (χ0) is 16.5. The average molecular weight is 401 g/mol. The number of amides is 1. The number of aryl methyl sites for hydroxylation is 3. The highest BCUT2D eigenvalue weighted by Gasteiger charge is 2.34. The fraction of sp³-hybridized carbons (Fsp3) is 0.588. The van der Waals surface area contributed by atoms with E-state index in [4.69, 9.17) is 0 Å². The molecule has 4 heterocycles. The van der Waals surface area contributed by atoms with Crippen molar-refractivity contribution in [1.29, 1.82) is 0 Å². The lowest BCUT2D eigenvalue weighted by atomic mass is 9.90. The second-order valence-electron chi connectivity index (χ2n) is 6.84. The number of hydrogen-bond acceptors (Lipinski definition) is 4. The number of hydrogen-bond donors (Lipinski definition) is 2. The second kappa shape index (κ2) is 8.88. The zero-order valence-electron chi connectivity index (χ0n) is 14.9. The Morgan fingerprint density at radius 2 is 2.15 bits per heavy atom. The molecule has 2 aromatic heterocycles. The molecule has 26 heavy (non-hydrogen) atoms. The van der Waals surface area contributed by atoms with E-state index < -0.39 is 0 Å². The van der Waals surface area contributed by atoms with Crippen LogP contribution in [0.15, 0.2) is 18.6 Å². The van der Waals surface area contributed by atoms with Gasteiger partial charge >= 0.3 is 0 Å². The van der Waals surface area contributed by atoms with Gasteiger partial charge in [-0.25, -0.2) is 4.98 Å². The molecule has 2 aliphatic heterocycles. The SMILES string of the molecule is Cl.Cl.Cn1cc([C@H]2CNC[C@@H]2C(=O)NCc2cn3c(n2)CCCC3)cn1. The Bertz CT molecular complexity index is 720. The molecule has 0 aromatic carbocycles. The van der Waals surface area contributed by atoms with Crippen molar-refractivity contribution in [1.82, 2.24) is 30.0 Å². The lowest BCUT2D eigenvalue weighted by Crippen LogP contribution is -2.34. The van der Waals surface area contributed by atoms with E-state index in [9.17, 15) is 4.79 Å². The average Bonchev–Trinajstić information content (AvgIpc) is 3.30. The molecule has 0 aliphatic carbocycles. The summed E-state index contributed by atoms with van der Waals surface area (Å²) in [5, 5.41) is 10.6. The Hall–Kier alpha value is -1.57. The first-order valence-electron chi connectivity index (χ1n) is 8.72. The number of halogens is 2. The molecule has 2 aromatic rings. The molecule has 0 unspecified atom stereocenters. The van der Waals surface area contributed by atoms with E-state index in [2.05, 4.69) is 31.5 Å². The summed E-state index contributed by atoms with van der Waals surface area (Å²) in [5.41, 5.74) is 2.09. The minimum atomic E-state index is -0.0496. The van der Waals surface area contributed by atoms with E-state index in [-0.39, 0.29) is 42.6 Å². The number of carbonyl (C=O) groups is 1. The standard InChI is InChI=1S/C17H24N6O.2ClH/c1-22-10-12(6-20-22)14-8-18-9-15(14)17(24)19-7-13-11-23-5-3-2-4-16(23)21-13;;/h6,10-11,14-15,18H,2-5,7-9H2,1H3,(H,19,24);2*1H/t14-,15+;;/m1../s1. The normalized spacial score (nSPS) is 21.4. The molecule has 1 saturated heterocycles. The molecule has 4 rings (SSSR count). The molecule has 144 valence electrons. The summed E-state index contributed by atoms with van der Waals surface area (Å²) in [6, 6.07) is 0. The number of rotatable bonds is 4. The molecule has 0 spiro atoms. The zero-order valence-corrected chi connectivity index (χ0v) is 16.5. The number of imidazole rings is 1. The van der Waals surface area contributed by atoms with Crippen LogP contribution in [0.5, 0.6) is 0 Å². The molecule has 0 saturated carbocycles. The Balaban J connectivity index is 0.00000121. The quantitative estimate of drug-likeness (QED) is 0.813. The summed E-state index contributed by atoms with van der Waals surface area (Å²) >= 11 is 0. The maximum absolute atomic E-state index is 12.6.